The number of unbranched alkanes of at least 4 members (excludes halogenated alkanes) is 17. The minimum Gasteiger partial charge on any atom is -0.377 e. The van der Waals surface area contributed by atoms with Gasteiger partial charge in [0.15, 0.2) is 0 Å². The first kappa shape index (κ1) is 31.1. The Morgan fingerprint density at radius 1 is 0.586 bits per heavy atom. The first-order valence-corrected chi connectivity index (χ1v) is 23.8. The van der Waals surface area contributed by atoms with Gasteiger partial charge in [-0.2, -0.15) is 0 Å². The highest BCUT2D eigenvalue weighted by atomic mass is 127. The van der Waals surface area contributed by atoms with E-state index in [9.17, 15) is 0 Å². The molecule has 0 aliphatic heterocycles. The van der Waals surface area contributed by atoms with Gasteiger partial charge in [-0.3, -0.25) is 0 Å². The van der Waals surface area contributed by atoms with E-state index in [2.05, 4.69) is 72.0 Å². The van der Waals surface area contributed by atoms with Gasteiger partial charge in [0.25, 0.3) is 0.564 Å². The number of rotatable bonds is 23. The lowest BCUT2D eigenvalue weighted by Crippen LogP contribution is -2.03. The third kappa shape index (κ3) is 30.1. The molecule has 174 valence electrons. The summed E-state index contributed by atoms with van der Waals surface area (Å²) in [4.78, 5) is 0. The van der Waals surface area contributed by atoms with Crippen LogP contribution in [-0.2, 0) is 4.74 Å². The zero-order chi connectivity index (χ0) is 21.6. The third-order valence-corrected chi connectivity index (χ3v) is 11.1. The van der Waals surface area contributed by atoms with Gasteiger partial charge in [0.05, 0.1) is 6.61 Å². The van der Waals surface area contributed by atoms with Gasteiger partial charge in [0.2, 0.25) is 0 Å². The lowest BCUT2D eigenvalue weighted by molar-refractivity contribution is 0.151. The molecule has 0 aromatic carbocycles. The van der Waals surface area contributed by atoms with Gasteiger partial charge in [-0.25, -0.2) is 0 Å². The summed E-state index contributed by atoms with van der Waals surface area (Å²) in [5.74, 6) is 0. The Bertz CT molecular complexity index is 359. The fraction of sp³-hybridized carbons (Fsp3) is 0.917. The summed E-state index contributed by atoms with van der Waals surface area (Å²) < 4.78 is 4.67. The number of halogens is 3. The molecule has 0 bridgehead atoms. The van der Waals surface area contributed by atoms with Crippen LogP contribution in [-0.4, -0.2) is 13.8 Å². The van der Waals surface area contributed by atoms with E-state index in [1.165, 1.54) is 122 Å². The summed E-state index contributed by atoms with van der Waals surface area (Å²) in [5, 5.41) is 0. The SMILES string of the molecule is C=C(C)COCCCCCCCCCCCCCCCCCCCC[Si](I)(I)I. The smallest absolute Gasteiger partial charge is 0.253 e. The number of hydrogen-bond donors (Lipinski definition) is 0. The van der Waals surface area contributed by atoms with Crippen LogP contribution in [0.5, 0.6) is 0 Å². The molecule has 0 unspecified atom stereocenters. The van der Waals surface area contributed by atoms with Crippen LogP contribution in [0.3, 0.4) is 0 Å². The summed E-state index contributed by atoms with van der Waals surface area (Å²) in [7, 11) is 0. The molecule has 0 fully saturated rings. The molecule has 0 saturated carbocycles. The second-order valence-electron chi connectivity index (χ2n) is 8.74. The Kier molecular flexibility index (Phi) is 25.0. The zero-order valence-corrected chi connectivity index (χ0v) is 26.6. The minimum atomic E-state index is -0.872. The van der Waals surface area contributed by atoms with Gasteiger partial charge in [0, 0.05) is 6.61 Å². The molecular formula is C24H47I3OSi. The van der Waals surface area contributed by atoms with Crippen LogP contribution in [0.2, 0.25) is 6.04 Å². The molecule has 0 aliphatic carbocycles. The highest BCUT2D eigenvalue weighted by molar-refractivity contribution is 14.4. The maximum atomic E-state index is 5.54. The molecule has 0 radical (unpaired) electrons. The Balaban J connectivity index is 3.04. The van der Waals surface area contributed by atoms with Crippen LogP contribution in [0.1, 0.15) is 122 Å². The van der Waals surface area contributed by atoms with Crippen LogP contribution in [0, 0.1) is 0 Å². The quantitative estimate of drug-likeness (QED) is 0.0331. The second kappa shape index (κ2) is 23.3. The van der Waals surface area contributed by atoms with E-state index >= 15 is 0 Å². The molecule has 0 aromatic heterocycles. The third-order valence-electron chi connectivity index (χ3n) is 5.35. The first-order valence-electron chi connectivity index (χ1n) is 12.2. The number of ether oxygens (including phenoxy) is 1. The van der Waals surface area contributed by atoms with Crippen molar-refractivity contribution in [3.05, 3.63) is 12.2 Å². The van der Waals surface area contributed by atoms with Gasteiger partial charge < -0.3 is 4.74 Å². The fourth-order valence-electron chi connectivity index (χ4n) is 3.60. The van der Waals surface area contributed by atoms with Crippen molar-refractivity contribution in [2.75, 3.05) is 13.2 Å². The van der Waals surface area contributed by atoms with Crippen molar-refractivity contribution in [1.82, 2.24) is 0 Å². The van der Waals surface area contributed by atoms with Crippen molar-refractivity contribution in [3.63, 3.8) is 0 Å². The maximum absolute atomic E-state index is 5.54. The molecule has 1 nitrogen and oxygen atoms in total. The van der Waals surface area contributed by atoms with Crippen molar-refractivity contribution in [2.45, 2.75) is 129 Å². The van der Waals surface area contributed by atoms with Gasteiger partial charge in [-0.05, 0) is 19.4 Å². The Morgan fingerprint density at radius 2 is 0.897 bits per heavy atom. The highest BCUT2D eigenvalue weighted by Gasteiger charge is 2.19. The van der Waals surface area contributed by atoms with Crippen molar-refractivity contribution in [1.29, 1.82) is 0 Å². The van der Waals surface area contributed by atoms with Crippen LogP contribution in [0.4, 0.5) is 0 Å². The molecule has 0 saturated heterocycles. The molecule has 0 heterocycles. The largest absolute Gasteiger partial charge is 0.377 e. The van der Waals surface area contributed by atoms with E-state index in [-0.39, 0.29) is 0 Å². The van der Waals surface area contributed by atoms with Crippen LogP contribution in [0.15, 0.2) is 12.2 Å². The zero-order valence-electron chi connectivity index (χ0n) is 19.1. The summed E-state index contributed by atoms with van der Waals surface area (Å²) in [5.41, 5.74) is 1.13. The van der Waals surface area contributed by atoms with Crippen molar-refractivity contribution in [3.8, 4) is 0 Å². The van der Waals surface area contributed by atoms with Gasteiger partial charge >= 0.3 is 0 Å². The molecule has 29 heavy (non-hydrogen) atoms. The molecule has 0 N–H and O–H groups in total. The molecule has 5 heteroatoms. The Morgan fingerprint density at radius 3 is 1.21 bits per heavy atom. The highest BCUT2D eigenvalue weighted by Crippen LogP contribution is 2.35. The lowest BCUT2D eigenvalue weighted by atomic mass is 10.0. The van der Waals surface area contributed by atoms with Gasteiger partial charge in [-0.1, -0.05) is 187 Å². The fourth-order valence-corrected chi connectivity index (χ4v) is 7.69. The Hall–Kier alpha value is 2.11. The molecular weight excluding hydrogens is 713 g/mol. The summed E-state index contributed by atoms with van der Waals surface area (Å²) >= 11 is 8.08. The Labute approximate surface area is 222 Å². The predicted octanol–water partition coefficient (Wildman–Crippen LogP) is 10.8. The van der Waals surface area contributed by atoms with E-state index in [0.717, 1.165) is 18.8 Å². The molecule has 0 aromatic rings. The molecule has 0 atom stereocenters. The molecule has 0 amide bonds. The van der Waals surface area contributed by atoms with Gasteiger partial charge in [-0.15, -0.1) is 0 Å². The average Bonchev–Trinajstić information content (AvgIpc) is 2.64. The lowest BCUT2D eigenvalue weighted by Gasteiger charge is -2.08. The summed E-state index contributed by atoms with van der Waals surface area (Å²) in [6.45, 7) is 7.53. The monoisotopic (exact) mass is 760 g/mol. The van der Waals surface area contributed by atoms with Crippen molar-refractivity contribution >= 4 is 66.0 Å². The van der Waals surface area contributed by atoms with E-state index in [0.29, 0.717) is 0 Å². The molecule has 0 spiro atoms. The average molecular weight is 760 g/mol. The van der Waals surface area contributed by atoms with Crippen molar-refractivity contribution < 1.29 is 4.74 Å². The number of hydrogen-bond acceptors (Lipinski definition) is 1. The molecule has 0 aliphatic rings. The predicted molar refractivity (Wildman–Crippen MR) is 161 cm³/mol. The first-order chi connectivity index (χ1) is 13.9. The molecule has 0 rings (SSSR count). The van der Waals surface area contributed by atoms with Crippen LogP contribution < -0.4 is 0 Å². The topological polar surface area (TPSA) is 9.23 Å². The van der Waals surface area contributed by atoms with E-state index in [4.69, 9.17) is 4.74 Å². The minimum absolute atomic E-state index is 0.734. The summed E-state index contributed by atoms with van der Waals surface area (Å²) in [6, 6.07) is 1.49. The second-order valence-corrected chi connectivity index (χ2v) is 45.6. The van der Waals surface area contributed by atoms with E-state index in [1.54, 1.807) is 0 Å². The van der Waals surface area contributed by atoms with Crippen LogP contribution >= 0.6 is 65.4 Å². The van der Waals surface area contributed by atoms with Gasteiger partial charge in [0.1, 0.15) is 0 Å². The van der Waals surface area contributed by atoms with E-state index < -0.39 is 0.564 Å². The van der Waals surface area contributed by atoms with Crippen molar-refractivity contribution in [2.24, 2.45) is 0 Å². The maximum Gasteiger partial charge on any atom is 0.253 e. The normalized spacial score (nSPS) is 11.9. The van der Waals surface area contributed by atoms with E-state index in [1.807, 2.05) is 6.92 Å². The summed E-state index contributed by atoms with van der Waals surface area (Å²) in [6.07, 6.45) is 25.8. The standard InChI is InChI=1S/C24H47I3OSi/c1-24(2)23-28-21-19-17-15-13-11-9-7-5-3-4-6-8-10-12-14-16-18-20-22-29(25,26)27/h1,3-23H2,2H3. The van der Waals surface area contributed by atoms with Crippen LogP contribution in [0.25, 0.3) is 0 Å².